The molecule has 0 spiro atoms. The third kappa shape index (κ3) is 5.33. The predicted octanol–water partition coefficient (Wildman–Crippen LogP) is 2.96. The Morgan fingerprint density at radius 3 is 2.24 bits per heavy atom. The van der Waals surface area contributed by atoms with Gasteiger partial charge in [0.2, 0.25) is 11.8 Å². The molecule has 1 rings (SSSR count). The maximum atomic E-state index is 12.9. The molecule has 0 aromatic carbocycles. The van der Waals surface area contributed by atoms with Crippen LogP contribution in [0.4, 0.5) is 0 Å². The van der Waals surface area contributed by atoms with Crippen LogP contribution in [0.5, 0.6) is 0 Å². The number of nitrogens with one attached hydrogen (secondary N) is 1. The van der Waals surface area contributed by atoms with Crippen molar-refractivity contribution in [1.29, 1.82) is 0 Å². The summed E-state index contributed by atoms with van der Waals surface area (Å²) in [5.74, 6) is 0.441. The standard InChI is InChI=1S/C17H32N2O2/c1-12(2)10-13-15(21)19(9-8-14(20)18-13)17(6,7)11-16(3,4)5/h12-13H,8-11H2,1-7H3,(H,18,20). The number of carbonyl (C=O) groups is 2. The maximum Gasteiger partial charge on any atom is 0.245 e. The van der Waals surface area contributed by atoms with Gasteiger partial charge in [-0.2, -0.15) is 0 Å². The molecule has 0 radical (unpaired) electrons. The van der Waals surface area contributed by atoms with Gasteiger partial charge in [-0.1, -0.05) is 34.6 Å². The monoisotopic (exact) mass is 296 g/mol. The van der Waals surface area contributed by atoms with E-state index in [2.05, 4.69) is 53.8 Å². The highest BCUT2D eigenvalue weighted by atomic mass is 16.2. The van der Waals surface area contributed by atoms with Crippen molar-refractivity contribution in [3.8, 4) is 0 Å². The summed E-state index contributed by atoms with van der Waals surface area (Å²) < 4.78 is 0. The van der Waals surface area contributed by atoms with E-state index in [1.807, 2.05) is 4.90 Å². The van der Waals surface area contributed by atoms with Crippen LogP contribution in [0.2, 0.25) is 0 Å². The molecule has 4 heteroatoms. The highest BCUT2D eigenvalue weighted by Gasteiger charge is 2.39. The smallest absolute Gasteiger partial charge is 0.245 e. The molecule has 0 aromatic heterocycles. The van der Waals surface area contributed by atoms with E-state index in [-0.39, 0.29) is 28.8 Å². The molecule has 2 amide bonds. The van der Waals surface area contributed by atoms with Crippen molar-refractivity contribution in [2.45, 2.75) is 79.3 Å². The zero-order valence-electron chi connectivity index (χ0n) is 14.7. The highest BCUT2D eigenvalue weighted by Crippen LogP contribution is 2.32. The Labute approximate surface area is 129 Å². The Morgan fingerprint density at radius 2 is 1.76 bits per heavy atom. The zero-order chi connectivity index (χ0) is 16.4. The van der Waals surface area contributed by atoms with E-state index in [0.717, 1.165) is 6.42 Å². The van der Waals surface area contributed by atoms with E-state index in [1.165, 1.54) is 0 Å². The second-order valence-corrected chi connectivity index (χ2v) is 8.54. The topological polar surface area (TPSA) is 49.4 Å². The van der Waals surface area contributed by atoms with Crippen molar-refractivity contribution in [2.24, 2.45) is 11.3 Å². The second-order valence-electron chi connectivity index (χ2n) is 8.54. The van der Waals surface area contributed by atoms with Gasteiger partial charge < -0.3 is 10.2 Å². The van der Waals surface area contributed by atoms with Crippen LogP contribution in [0.3, 0.4) is 0 Å². The third-order valence-corrected chi connectivity index (χ3v) is 3.86. The van der Waals surface area contributed by atoms with Crippen molar-refractivity contribution in [2.75, 3.05) is 6.54 Å². The van der Waals surface area contributed by atoms with Crippen LogP contribution in [0.1, 0.15) is 67.7 Å². The normalized spacial score (nSPS) is 21.5. The Morgan fingerprint density at radius 1 is 1.19 bits per heavy atom. The van der Waals surface area contributed by atoms with Crippen LogP contribution in [0.25, 0.3) is 0 Å². The van der Waals surface area contributed by atoms with Gasteiger partial charge in [-0.05, 0) is 38.0 Å². The summed E-state index contributed by atoms with van der Waals surface area (Å²) in [5.41, 5.74) is -0.0993. The van der Waals surface area contributed by atoms with Crippen LogP contribution in [0.15, 0.2) is 0 Å². The summed E-state index contributed by atoms with van der Waals surface area (Å²) in [6.45, 7) is 15.5. The molecule has 1 atom stereocenters. The van der Waals surface area contributed by atoms with Gasteiger partial charge in [0.25, 0.3) is 0 Å². The van der Waals surface area contributed by atoms with Crippen molar-refractivity contribution >= 4 is 11.8 Å². The minimum absolute atomic E-state index is 0.0111. The number of carbonyl (C=O) groups excluding carboxylic acids is 2. The Hall–Kier alpha value is -1.06. The molecule has 1 saturated heterocycles. The number of rotatable bonds is 4. The fourth-order valence-corrected chi connectivity index (χ4v) is 3.47. The van der Waals surface area contributed by atoms with Gasteiger partial charge in [0.05, 0.1) is 0 Å². The molecule has 0 bridgehead atoms. The van der Waals surface area contributed by atoms with E-state index >= 15 is 0 Å². The van der Waals surface area contributed by atoms with Gasteiger partial charge in [-0.15, -0.1) is 0 Å². The number of amides is 2. The largest absolute Gasteiger partial charge is 0.344 e. The van der Waals surface area contributed by atoms with Gasteiger partial charge in [0.1, 0.15) is 6.04 Å². The average molecular weight is 296 g/mol. The second kappa shape index (κ2) is 6.37. The first-order valence-electron chi connectivity index (χ1n) is 8.03. The first-order chi connectivity index (χ1) is 9.42. The van der Waals surface area contributed by atoms with Crippen LogP contribution in [-0.2, 0) is 9.59 Å². The van der Waals surface area contributed by atoms with Crippen molar-refractivity contribution in [3.05, 3.63) is 0 Å². The minimum atomic E-state index is -0.376. The number of nitrogens with zero attached hydrogens (tertiary/aromatic N) is 1. The molecule has 1 heterocycles. The van der Waals surface area contributed by atoms with E-state index < -0.39 is 0 Å². The summed E-state index contributed by atoms with van der Waals surface area (Å²) in [4.78, 5) is 26.7. The number of hydrogen-bond donors (Lipinski definition) is 1. The molecule has 4 nitrogen and oxygen atoms in total. The molecule has 1 fully saturated rings. The van der Waals surface area contributed by atoms with E-state index in [0.29, 0.717) is 25.3 Å². The molecule has 1 aliphatic rings. The lowest BCUT2D eigenvalue weighted by atomic mass is 9.80. The van der Waals surface area contributed by atoms with Crippen molar-refractivity contribution < 1.29 is 9.59 Å². The first-order valence-corrected chi connectivity index (χ1v) is 8.03. The average Bonchev–Trinajstić information content (AvgIpc) is 2.35. The van der Waals surface area contributed by atoms with Crippen molar-refractivity contribution in [3.63, 3.8) is 0 Å². The molecular weight excluding hydrogens is 264 g/mol. The Bertz CT molecular complexity index is 394. The van der Waals surface area contributed by atoms with Gasteiger partial charge in [-0.3, -0.25) is 9.59 Å². The molecule has 0 aliphatic carbocycles. The van der Waals surface area contributed by atoms with Gasteiger partial charge >= 0.3 is 0 Å². The summed E-state index contributed by atoms with van der Waals surface area (Å²) >= 11 is 0. The minimum Gasteiger partial charge on any atom is -0.344 e. The summed E-state index contributed by atoms with van der Waals surface area (Å²) in [6.07, 6.45) is 2.01. The fraction of sp³-hybridized carbons (Fsp3) is 0.882. The van der Waals surface area contributed by atoms with E-state index in [9.17, 15) is 9.59 Å². The van der Waals surface area contributed by atoms with Crippen LogP contribution in [0, 0.1) is 11.3 Å². The summed E-state index contributed by atoms with van der Waals surface area (Å²) in [5, 5.41) is 2.89. The van der Waals surface area contributed by atoms with Gasteiger partial charge in [0, 0.05) is 18.5 Å². The summed E-state index contributed by atoms with van der Waals surface area (Å²) in [6, 6.07) is -0.376. The van der Waals surface area contributed by atoms with Crippen LogP contribution >= 0.6 is 0 Å². The first kappa shape index (κ1) is 18.0. The molecule has 1 unspecified atom stereocenters. The zero-order valence-corrected chi connectivity index (χ0v) is 14.7. The van der Waals surface area contributed by atoms with Gasteiger partial charge in [-0.25, -0.2) is 0 Å². The Kier molecular flexibility index (Phi) is 5.46. The third-order valence-electron chi connectivity index (χ3n) is 3.86. The van der Waals surface area contributed by atoms with Crippen LogP contribution in [-0.4, -0.2) is 34.8 Å². The lowest BCUT2D eigenvalue weighted by molar-refractivity contribution is -0.139. The van der Waals surface area contributed by atoms with E-state index in [1.54, 1.807) is 0 Å². The quantitative estimate of drug-likeness (QED) is 0.867. The fourth-order valence-electron chi connectivity index (χ4n) is 3.47. The molecule has 1 aliphatic heterocycles. The molecule has 122 valence electrons. The lowest BCUT2D eigenvalue weighted by Gasteiger charge is -2.42. The molecule has 0 aromatic rings. The maximum absolute atomic E-state index is 12.9. The highest BCUT2D eigenvalue weighted by molar-refractivity contribution is 5.90. The van der Waals surface area contributed by atoms with Crippen molar-refractivity contribution in [1.82, 2.24) is 10.2 Å². The van der Waals surface area contributed by atoms with Gasteiger partial charge in [0.15, 0.2) is 0 Å². The molecular formula is C17H32N2O2. The molecule has 21 heavy (non-hydrogen) atoms. The van der Waals surface area contributed by atoms with Crippen LogP contribution < -0.4 is 5.32 Å². The van der Waals surface area contributed by atoms with E-state index in [4.69, 9.17) is 0 Å². The SMILES string of the molecule is CC(C)CC1NC(=O)CCN(C(C)(C)CC(C)(C)C)C1=O. The number of hydrogen-bond acceptors (Lipinski definition) is 2. The molecule has 0 saturated carbocycles. The lowest BCUT2D eigenvalue weighted by Crippen LogP contribution is -2.54. The predicted molar refractivity (Wildman–Crippen MR) is 85.9 cm³/mol. The summed E-state index contributed by atoms with van der Waals surface area (Å²) in [7, 11) is 0. The Balaban J connectivity index is 2.98. The molecule has 1 N–H and O–H groups in total.